The zero-order valence-electron chi connectivity index (χ0n) is 14.3. The number of rotatable bonds is 5. The molecule has 2 aromatic heterocycles. The number of fused-ring (bicyclic) bond motifs is 1. The van der Waals surface area contributed by atoms with E-state index in [0.29, 0.717) is 30.1 Å². The third-order valence-electron chi connectivity index (χ3n) is 3.55. The van der Waals surface area contributed by atoms with E-state index in [4.69, 9.17) is 4.74 Å². The van der Waals surface area contributed by atoms with E-state index in [2.05, 4.69) is 36.3 Å². The van der Waals surface area contributed by atoms with Crippen molar-refractivity contribution in [1.29, 1.82) is 0 Å². The molecule has 132 valence electrons. The molecule has 0 aliphatic carbocycles. The van der Waals surface area contributed by atoms with Gasteiger partial charge in [-0.15, -0.1) is 0 Å². The number of benzene rings is 1. The summed E-state index contributed by atoms with van der Waals surface area (Å²) in [5.41, 5.74) is 0.0919. The predicted molar refractivity (Wildman–Crippen MR) is 101 cm³/mol. The molecule has 0 fully saturated rings. The minimum Gasteiger partial charge on any atom is -0.492 e. The fraction of sp³-hybridized carbons (Fsp3) is 0.353. The van der Waals surface area contributed by atoms with Gasteiger partial charge in [0.1, 0.15) is 17.7 Å². The standard InChI is InChI=1S/C17H20BrN5O2/c1-17(2,3)23-14-13(10-20-23)15(24)22-16(21-14)19-8-9-25-12-6-4-11(18)5-7-12/h4-7,10H,8-9H2,1-3H3,(H2,19,21,22,24). The van der Waals surface area contributed by atoms with Crippen LogP contribution in [0.3, 0.4) is 0 Å². The molecule has 1 aromatic carbocycles. The molecule has 0 bridgehead atoms. The van der Waals surface area contributed by atoms with E-state index in [1.54, 1.807) is 10.9 Å². The zero-order chi connectivity index (χ0) is 18.0. The smallest absolute Gasteiger partial charge is 0.263 e. The molecule has 0 radical (unpaired) electrons. The maximum atomic E-state index is 12.2. The summed E-state index contributed by atoms with van der Waals surface area (Å²) < 4.78 is 8.40. The summed E-state index contributed by atoms with van der Waals surface area (Å²) in [6.45, 7) is 7.00. The number of anilines is 1. The Morgan fingerprint density at radius 1 is 1.28 bits per heavy atom. The van der Waals surface area contributed by atoms with Crippen LogP contribution in [0.2, 0.25) is 0 Å². The molecule has 0 spiro atoms. The lowest BCUT2D eigenvalue weighted by Gasteiger charge is -2.19. The van der Waals surface area contributed by atoms with Crippen LogP contribution in [0.15, 0.2) is 39.7 Å². The van der Waals surface area contributed by atoms with Gasteiger partial charge in [0, 0.05) is 4.47 Å². The number of H-pyrrole nitrogens is 1. The second-order valence-electron chi connectivity index (χ2n) is 6.61. The summed E-state index contributed by atoms with van der Waals surface area (Å²) in [6, 6.07) is 7.61. The Kier molecular flexibility index (Phi) is 4.80. The van der Waals surface area contributed by atoms with Crippen LogP contribution in [0.25, 0.3) is 11.0 Å². The normalized spacial score (nSPS) is 11.7. The van der Waals surface area contributed by atoms with Crippen molar-refractivity contribution in [3.63, 3.8) is 0 Å². The first-order chi connectivity index (χ1) is 11.8. The Balaban J connectivity index is 1.69. The van der Waals surface area contributed by atoms with Crippen molar-refractivity contribution in [2.24, 2.45) is 0 Å². The highest BCUT2D eigenvalue weighted by molar-refractivity contribution is 9.10. The number of nitrogens with one attached hydrogen (secondary N) is 2. The summed E-state index contributed by atoms with van der Waals surface area (Å²) >= 11 is 3.38. The summed E-state index contributed by atoms with van der Waals surface area (Å²) in [7, 11) is 0. The topological polar surface area (TPSA) is 84.8 Å². The molecule has 0 amide bonds. The first-order valence-electron chi connectivity index (χ1n) is 7.95. The van der Waals surface area contributed by atoms with Crippen LogP contribution in [0.4, 0.5) is 5.95 Å². The zero-order valence-corrected chi connectivity index (χ0v) is 15.9. The van der Waals surface area contributed by atoms with Crippen LogP contribution < -0.4 is 15.6 Å². The lowest BCUT2D eigenvalue weighted by molar-refractivity contribution is 0.332. The molecule has 3 aromatic rings. The monoisotopic (exact) mass is 405 g/mol. The molecular formula is C17H20BrN5O2. The maximum absolute atomic E-state index is 12.2. The third-order valence-corrected chi connectivity index (χ3v) is 4.08. The number of hydrogen-bond acceptors (Lipinski definition) is 5. The highest BCUT2D eigenvalue weighted by Crippen LogP contribution is 2.19. The van der Waals surface area contributed by atoms with E-state index >= 15 is 0 Å². The van der Waals surface area contributed by atoms with Crippen LogP contribution in [0.5, 0.6) is 5.75 Å². The number of halogens is 1. The van der Waals surface area contributed by atoms with Crippen LogP contribution in [0, 0.1) is 0 Å². The van der Waals surface area contributed by atoms with Crippen LogP contribution in [0.1, 0.15) is 20.8 Å². The Morgan fingerprint density at radius 2 is 2.00 bits per heavy atom. The van der Waals surface area contributed by atoms with E-state index in [1.807, 2.05) is 45.0 Å². The van der Waals surface area contributed by atoms with E-state index in [9.17, 15) is 4.79 Å². The van der Waals surface area contributed by atoms with E-state index < -0.39 is 0 Å². The molecule has 3 rings (SSSR count). The lowest BCUT2D eigenvalue weighted by atomic mass is 10.1. The van der Waals surface area contributed by atoms with Crippen molar-refractivity contribution in [3.8, 4) is 5.75 Å². The van der Waals surface area contributed by atoms with Crippen molar-refractivity contribution in [2.45, 2.75) is 26.3 Å². The largest absolute Gasteiger partial charge is 0.492 e. The number of ether oxygens (including phenoxy) is 1. The van der Waals surface area contributed by atoms with Gasteiger partial charge in [-0.3, -0.25) is 9.78 Å². The Hall–Kier alpha value is -2.35. The molecule has 0 saturated carbocycles. The van der Waals surface area contributed by atoms with Gasteiger partial charge in [0.05, 0.1) is 18.3 Å². The fourth-order valence-electron chi connectivity index (χ4n) is 2.36. The first-order valence-corrected chi connectivity index (χ1v) is 8.75. The molecule has 0 atom stereocenters. The van der Waals surface area contributed by atoms with Gasteiger partial charge in [-0.1, -0.05) is 15.9 Å². The molecular weight excluding hydrogens is 386 g/mol. The predicted octanol–water partition coefficient (Wildman–Crippen LogP) is 3.13. The average Bonchev–Trinajstić information content (AvgIpc) is 2.98. The lowest BCUT2D eigenvalue weighted by Crippen LogP contribution is -2.24. The third kappa shape index (κ3) is 4.01. The molecule has 7 nitrogen and oxygen atoms in total. The fourth-order valence-corrected chi connectivity index (χ4v) is 2.63. The molecule has 2 heterocycles. The molecule has 0 aliphatic rings. The van der Waals surface area contributed by atoms with Gasteiger partial charge in [-0.05, 0) is 45.0 Å². The summed E-state index contributed by atoms with van der Waals surface area (Å²) in [5.74, 6) is 1.19. The van der Waals surface area contributed by atoms with Gasteiger partial charge in [-0.25, -0.2) is 4.68 Å². The SMILES string of the molecule is CC(C)(C)n1ncc2c(=O)[nH]c(NCCOc3ccc(Br)cc3)nc21. The molecule has 0 aliphatic heterocycles. The minimum atomic E-state index is -0.259. The number of aromatic amines is 1. The summed E-state index contributed by atoms with van der Waals surface area (Å²) in [5, 5.41) is 7.85. The van der Waals surface area contributed by atoms with Crippen molar-refractivity contribution in [3.05, 3.63) is 45.3 Å². The summed E-state index contributed by atoms with van der Waals surface area (Å²) in [6.07, 6.45) is 1.55. The number of hydrogen-bond donors (Lipinski definition) is 2. The molecule has 8 heteroatoms. The Bertz CT molecular complexity index is 925. The van der Waals surface area contributed by atoms with Crippen LogP contribution in [-0.4, -0.2) is 32.9 Å². The van der Waals surface area contributed by atoms with Gasteiger partial charge >= 0.3 is 0 Å². The minimum absolute atomic E-state index is 0.211. The van der Waals surface area contributed by atoms with Gasteiger partial charge in [0.25, 0.3) is 5.56 Å². The maximum Gasteiger partial charge on any atom is 0.263 e. The van der Waals surface area contributed by atoms with Gasteiger partial charge in [-0.2, -0.15) is 10.1 Å². The van der Waals surface area contributed by atoms with Crippen LogP contribution in [-0.2, 0) is 5.54 Å². The van der Waals surface area contributed by atoms with Crippen molar-refractivity contribution in [1.82, 2.24) is 19.7 Å². The second-order valence-corrected chi connectivity index (χ2v) is 7.52. The van der Waals surface area contributed by atoms with Crippen molar-refractivity contribution in [2.75, 3.05) is 18.5 Å². The number of nitrogens with zero attached hydrogens (tertiary/aromatic N) is 3. The van der Waals surface area contributed by atoms with Crippen molar-refractivity contribution >= 4 is 32.9 Å². The van der Waals surface area contributed by atoms with E-state index in [-0.39, 0.29) is 11.1 Å². The van der Waals surface area contributed by atoms with Crippen LogP contribution >= 0.6 is 15.9 Å². The average molecular weight is 406 g/mol. The quantitative estimate of drug-likeness (QED) is 0.636. The summed E-state index contributed by atoms with van der Waals surface area (Å²) in [4.78, 5) is 19.4. The van der Waals surface area contributed by atoms with E-state index in [1.165, 1.54) is 0 Å². The van der Waals surface area contributed by atoms with Crippen molar-refractivity contribution < 1.29 is 4.74 Å². The molecule has 2 N–H and O–H groups in total. The highest BCUT2D eigenvalue weighted by atomic mass is 79.9. The number of aromatic nitrogens is 4. The molecule has 25 heavy (non-hydrogen) atoms. The van der Waals surface area contributed by atoms with E-state index in [0.717, 1.165) is 10.2 Å². The Morgan fingerprint density at radius 3 is 2.68 bits per heavy atom. The Labute approximate surface area is 153 Å². The first kappa shape index (κ1) is 17.5. The van der Waals surface area contributed by atoms with Gasteiger partial charge in [0.15, 0.2) is 5.65 Å². The molecule has 0 unspecified atom stereocenters. The molecule has 0 saturated heterocycles. The second kappa shape index (κ2) is 6.87. The van der Waals surface area contributed by atoms with Gasteiger partial charge < -0.3 is 10.1 Å². The highest BCUT2D eigenvalue weighted by Gasteiger charge is 2.19. The van der Waals surface area contributed by atoms with Gasteiger partial charge in [0.2, 0.25) is 5.95 Å².